The molecule has 1 fully saturated rings. The third-order valence-electron chi connectivity index (χ3n) is 4.78. The second-order valence-electron chi connectivity index (χ2n) is 6.74. The number of nitrogens with zero attached hydrogens (tertiary/aromatic N) is 3. The van der Waals surface area contributed by atoms with Crippen LogP contribution in [0, 0.1) is 18.2 Å². The van der Waals surface area contributed by atoms with Crippen molar-refractivity contribution in [3.8, 4) is 5.69 Å². The van der Waals surface area contributed by atoms with Crippen molar-refractivity contribution >= 4 is 18.3 Å². The number of halogens is 2. The third kappa shape index (κ3) is 5.03. The zero-order valence-electron chi connectivity index (χ0n) is 15.5. The number of carbonyl (C=O) groups is 1. The van der Waals surface area contributed by atoms with E-state index in [1.54, 1.807) is 26.2 Å². The van der Waals surface area contributed by atoms with Crippen molar-refractivity contribution in [2.24, 2.45) is 5.41 Å². The van der Waals surface area contributed by atoms with Gasteiger partial charge in [-0.15, -0.1) is 17.5 Å². The van der Waals surface area contributed by atoms with Crippen molar-refractivity contribution < 1.29 is 13.9 Å². The van der Waals surface area contributed by atoms with Gasteiger partial charge >= 0.3 is 0 Å². The number of amides is 1. The fraction of sp³-hybridized carbons (Fsp3) is 0.500. The molecular formula is C18H25ClFN5O2. The predicted molar refractivity (Wildman–Crippen MR) is 102 cm³/mol. The van der Waals surface area contributed by atoms with Gasteiger partial charge in [0.2, 0.25) is 5.82 Å². The summed E-state index contributed by atoms with van der Waals surface area (Å²) in [6.45, 7) is 4.70. The molecule has 0 aliphatic carbocycles. The second-order valence-corrected chi connectivity index (χ2v) is 6.74. The first-order valence-electron chi connectivity index (χ1n) is 8.70. The number of rotatable bonds is 6. The van der Waals surface area contributed by atoms with Crippen LogP contribution in [0.25, 0.3) is 5.69 Å². The molecule has 27 heavy (non-hydrogen) atoms. The first-order valence-corrected chi connectivity index (χ1v) is 8.70. The standard InChI is InChI=1S/C18H24FN5O2.ClH/c1-13-22-16(23-24(13)15-5-3-14(19)4-6-15)17(25)21-11-18(12-26-2)7-9-20-10-8-18;/h3-6,20H,7-12H2,1-2H3,(H,21,25);1H. The van der Waals surface area contributed by atoms with Crippen molar-refractivity contribution in [2.45, 2.75) is 19.8 Å². The molecule has 1 aliphatic rings. The number of aryl methyl sites for hydroxylation is 1. The van der Waals surface area contributed by atoms with E-state index in [9.17, 15) is 9.18 Å². The molecule has 148 valence electrons. The largest absolute Gasteiger partial charge is 0.384 e. The van der Waals surface area contributed by atoms with Crippen LogP contribution in [0.5, 0.6) is 0 Å². The van der Waals surface area contributed by atoms with E-state index in [-0.39, 0.29) is 35.4 Å². The van der Waals surface area contributed by atoms with E-state index in [1.165, 1.54) is 16.8 Å². The molecule has 2 aromatic rings. The monoisotopic (exact) mass is 397 g/mol. The minimum atomic E-state index is -0.324. The molecule has 2 N–H and O–H groups in total. The molecule has 0 atom stereocenters. The van der Waals surface area contributed by atoms with Gasteiger partial charge in [-0.3, -0.25) is 4.79 Å². The minimum absolute atomic E-state index is 0. The van der Waals surface area contributed by atoms with Gasteiger partial charge in [-0.1, -0.05) is 0 Å². The fourth-order valence-electron chi connectivity index (χ4n) is 3.30. The molecule has 1 aromatic carbocycles. The molecule has 1 aliphatic heterocycles. The van der Waals surface area contributed by atoms with Crippen LogP contribution >= 0.6 is 12.4 Å². The van der Waals surface area contributed by atoms with Gasteiger partial charge in [0.15, 0.2) is 0 Å². The van der Waals surface area contributed by atoms with E-state index < -0.39 is 0 Å². The highest BCUT2D eigenvalue weighted by molar-refractivity contribution is 5.90. The van der Waals surface area contributed by atoms with Crippen LogP contribution in [0.1, 0.15) is 29.3 Å². The van der Waals surface area contributed by atoms with Gasteiger partial charge in [0.05, 0.1) is 12.3 Å². The molecule has 0 bridgehead atoms. The van der Waals surface area contributed by atoms with Crippen LogP contribution in [0.4, 0.5) is 4.39 Å². The van der Waals surface area contributed by atoms with Gasteiger partial charge < -0.3 is 15.4 Å². The molecule has 1 saturated heterocycles. The Kier molecular flexibility index (Phi) is 7.29. The summed E-state index contributed by atoms with van der Waals surface area (Å²) in [6, 6.07) is 5.90. The lowest BCUT2D eigenvalue weighted by Gasteiger charge is -2.37. The van der Waals surface area contributed by atoms with E-state index in [4.69, 9.17) is 4.74 Å². The molecule has 1 amide bonds. The highest BCUT2D eigenvalue weighted by atomic mass is 35.5. The maximum absolute atomic E-state index is 13.1. The first kappa shape index (κ1) is 21.3. The smallest absolute Gasteiger partial charge is 0.291 e. The van der Waals surface area contributed by atoms with E-state index in [1.807, 2.05) is 0 Å². The summed E-state index contributed by atoms with van der Waals surface area (Å²) in [7, 11) is 1.68. The van der Waals surface area contributed by atoms with Crippen LogP contribution in [0.15, 0.2) is 24.3 Å². The molecule has 2 heterocycles. The summed E-state index contributed by atoms with van der Waals surface area (Å²) in [5.74, 6) is 0.0291. The summed E-state index contributed by atoms with van der Waals surface area (Å²) < 4.78 is 20.0. The van der Waals surface area contributed by atoms with Crippen molar-refractivity contribution in [1.82, 2.24) is 25.4 Å². The number of nitrogens with one attached hydrogen (secondary N) is 2. The number of aromatic nitrogens is 3. The molecule has 9 heteroatoms. The van der Waals surface area contributed by atoms with Gasteiger partial charge in [0.1, 0.15) is 11.6 Å². The van der Waals surface area contributed by atoms with Crippen LogP contribution in [0.3, 0.4) is 0 Å². The Labute approximate surface area is 164 Å². The van der Waals surface area contributed by atoms with Gasteiger partial charge in [-0.2, -0.15) is 0 Å². The second kappa shape index (κ2) is 9.25. The Morgan fingerprint density at radius 3 is 2.63 bits per heavy atom. The van der Waals surface area contributed by atoms with E-state index in [2.05, 4.69) is 20.7 Å². The Morgan fingerprint density at radius 2 is 2.00 bits per heavy atom. The van der Waals surface area contributed by atoms with Crippen LogP contribution in [0.2, 0.25) is 0 Å². The maximum atomic E-state index is 13.1. The normalized spacial score (nSPS) is 15.8. The number of ether oxygens (including phenoxy) is 1. The highest BCUT2D eigenvalue weighted by Gasteiger charge is 2.33. The third-order valence-corrected chi connectivity index (χ3v) is 4.78. The number of hydrogen-bond acceptors (Lipinski definition) is 5. The van der Waals surface area contributed by atoms with Gasteiger partial charge in [-0.25, -0.2) is 14.1 Å². The summed E-state index contributed by atoms with van der Waals surface area (Å²) in [5, 5.41) is 10.5. The summed E-state index contributed by atoms with van der Waals surface area (Å²) in [5.41, 5.74) is 0.592. The van der Waals surface area contributed by atoms with Crippen LogP contribution < -0.4 is 10.6 Å². The average molecular weight is 398 g/mol. The molecule has 3 rings (SSSR count). The molecule has 7 nitrogen and oxygen atoms in total. The lowest BCUT2D eigenvalue weighted by atomic mass is 9.79. The summed E-state index contributed by atoms with van der Waals surface area (Å²) >= 11 is 0. The van der Waals surface area contributed by atoms with Crippen molar-refractivity contribution in [3.05, 3.63) is 41.7 Å². The van der Waals surface area contributed by atoms with Crippen molar-refractivity contribution in [3.63, 3.8) is 0 Å². The molecule has 0 saturated carbocycles. The topological polar surface area (TPSA) is 81.1 Å². The summed E-state index contributed by atoms with van der Waals surface area (Å²) in [6.07, 6.45) is 1.88. The first-order chi connectivity index (χ1) is 12.5. The highest BCUT2D eigenvalue weighted by Crippen LogP contribution is 2.28. The number of piperidine rings is 1. The van der Waals surface area contributed by atoms with Crippen LogP contribution in [-0.2, 0) is 4.74 Å². The number of hydrogen-bond donors (Lipinski definition) is 2. The Bertz CT molecular complexity index is 754. The number of benzene rings is 1. The van der Waals surface area contributed by atoms with E-state index in [0.717, 1.165) is 25.9 Å². The molecule has 0 spiro atoms. The zero-order chi connectivity index (χ0) is 18.6. The average Bonchev–Trinajstić information content (AvgIpc) is 3.03. The fourth-order valence-corrected chi connectivity index (χ4v) is 3.30. The lowest BCUT2D eigenvalue weighted by molar-refractivity contribution is 0.0509. The maximum Gasteiger partial charge on any atom is 0.291 e. The molecular weight excluding hydrogens is 373 g/mol. The van der Waals surface area contributed by atoms with Gasteiger partial charge in [0, 0.05) is 19.1 Å². The van der Waals surface area contributed by atoms with Gasteiger partial charge in [0.25, 0.3) is 5.91 Å². The van der Waals surface area contributed by atoms with Gasteiger partial charge in [-0.05, 0) is 57.1 Å². The van der Waals surface area contributed by atoms with Crippen molar-refractivity contribution in [1.29, 1.82) is 0 Å². The van der Waals surface area contributed by atoms with E-state index >= 15 is 0 Å². The Hall–Kier alpha value is -2.03. The van der Waals surface area contributed by atoms with Crippen LogP contribution in [-0.4, -0.2) is 54.0 Å². The molecule has 0 unspecified atom stereocenters. The lowest BCUT2D eigenvalue weighted by Crippen LogP contribution is -2.47. The van der Waals surface area contributed by atoms with Crippen molar-refractivity contribution in [2.75, 3.05) is 33.4 Å². The molecule has 1 aromatic heterocycles. The Balaban J connectivity index is 0.00000261. The minimum Gasteiger partial charge on any atom is -0.384 e. The SMILES string of the molecule is COCC1(CNC(=O)c2nc(C)n(-c3ccc(F)cc3)n2)CCNCC1.Cl. The quantitative estimate of drug-likeness (QED) is 0.777. The van der Waals surface area contributed by atoms with E-state index in [0.29, 0.717) is 24.7 Å². The Morgan fingerprint density at radius 1 is 1.33 bits per heavy atom. The molecule has 0 radical (unpaired) electrons. The number of carbonyl (C=O) groups excluding carboxylic acids is 1. The summed E-state index contributed by atoms with van der Waals surface area (Å²) in [4.78, 5) is 16.8. The number of methoxy groups -OCH3 is 1. The zero-order valence-corrected chi connectivity index (χ0v) is 16.3. The predicted octanol–water partition coefficient (Wildman–Crippen LogP) is 1.88.